The van der Waals surface area contributed by atoms with Crippen LogP contribution in [0.4, 0.5) is 5.69 Å². The molecule has 1 aliphatic rings. The van der Waals surface area contributed by atoms with E-state index < -0.39 is 22.5 Å². The van der Waals surface area contributed by atoms with Gasteiger partial charge in [-0.2, -0.15) is 5.26 Å². The van der Waals surface area contributed by atoms with Crippen LogP contribution in [0.15, 0.2) is 86.2 Å². The monoisotopic (exact) mass is 672 g/mol. The van der Waals surface area contributed by atoms with Crippen LogP contribution in [0.25, 0.3) is 6.08 Å². The van der Waals surface area contributed by atoms with Crippen LogP contribution in [0.5, 0.6) is 5.75 Å². The number of nitro groups is 1. The average molecular weight is 674 g/mol. The number of fused-ring (bicyclic) bond motifs is 1. The molecule has 0 N–H and O–H groups in total. The van der Waals surface area contributed by atoms with E-state index in [2.05, 4.69) is 27.0 Å². The van der Waals surface area contributed by atoms with Gasteiger partial charge in [-0.15, -0.1) is 0 Å². The van der Waals surface area contributed by atoms with Crippen molar-refractivity contribution < 1.29 is 19.2 Å². The quantitative estimate of drug-likeness (QED) is 0.142. The number of nitro benzene ring substituents is 1. The summed E-state index contributed by atoms with van der Waals surface area (Å²) in [6, 6.07) is 18.6. The van der Waals surface area contributed by atoms with E-state index >= 15 is 0 Å². The number of hydrogen-bond donors (Lipinski definition) is 0. The van der Waals surface area contributed by atoms with Crippen molar-refractivity contribution in [3.63, 3.8) is 0 Å². The number of nitriles is 1. The van der Waals surface area contributed by atoms with Crippen LogP contribution in [0.3, 0.4) is 0 Å². The van der Waals surface area contributed by atoms with Gasteiger partial charge in [-0.05, 0) is 66.0 Å². The highest BCUT2D eigenvalue weighted by Crippen LogP contribution is 2.37. The second kappa shape index (κ2) is 12.8. The fraction of sp³-hybridized carbons (Fsp3) is 0.188. The van der Waals surface area contributed by atoms with E-state index in [9.17, 15) is 25.0 Å². The molecule has 1 atom stereocenters. The molecule has 44 heavy (non-hydrogen) atoms. The van der Waals surface area contributed by atoms with Crippen molar-refractivity contribution in [1.82, 2.24) is 4.57 Å². The molecule has 2 heterocycles. The minimum absolute atomic E-state index is 0.00423. The van der Waals surface area contributed by atoms with Gasteiger partial charge in [-0.25, -0.2) is 9.79 Å². The number of carbonyl (C=O) groups is 1. The number of allylic oxidation sites excluding steroid dienone is 1. The maximum absolute atomic E-state index is 13.9. The molecule has 0 unspecified atom stereocenters. The molecule has 1 aromatic heterocycles. The minimum Gasteiger partial charge on any atom is -0.481 e. The number of halogens is 1. The maximum atomic E-state index is 13.9. The number of nitrogens with zero attached hydrogens (tertiary/aromatic N) is 4. The highest BCUT2D eigenvalue weighted by molar-refractivity contribution is 9.10. The van der Waals surface area contributed by atoms with Crippen molar-refractivity contribution in [2.24, 2.45) is 4.99 Å². The molecular formula is C32H25BrN4O6S. The molecule has 222 valence electrons. The maximum Gasteiger partial charge on any atom is 0.338 e. The van der Waals surface area contributed by atoms with Crippen LogP contribution < -0.4 is 19.6 Å². The van der Waals surface area contributed by atoms with Gasteiger partial charge >= 0.3 is 11.7 Å². The fourth-order valence-electron chi connectivity index (χ4n) is 4.87. The van der Waals surface area contributed by atoms with Crippen molar-refractivity contribution in [1.29, 1.82) is 5.26 Å². The van der Waals surface area contributed by atoms with Gasteiger partial charge in [0.15, 0.2) is 4.80 Å². The van der Waals surface area contributed by atoms with Gasteiger partial charge in [0.05, 0.1) is 49.5 Å². The van der Waals surface area contributed by atoms with E-state index in [0.717, 1.165) is 22.5 Å². The Morgan fingerprint density at radius 2 is 1.93 bits per heavy atom. The summed E-state index contributed by atoms with van der Waals surface area (Å²) in [5.74, 6) is -0.559. The van der Waals surface area contributed by atoms with E-state index in [1.165, 1.54) is 10.6 Å². The van der Waals surface area contributed by atoms with E-state index in [1.54, 1.807) is 50.3 Å². The van der Waals surface area contributed by atoms with Crippen molar-refractivity contribution in [2.45, 2.75) is 33.4 Å². The van der Waals surface area contributed by atoms with Crippen LogP contribution in [0, 0.1) is 28.4 Å². The molecular weight excluding hydrogens is 648 g/mol. The molecule has 1 aliphatic heterocycles. The first-order valence-electron chi connectivity index (χ1n) is 13.5. The molecule has 0 amide bonds. The summed E-state index contributed by atoms with van der Waals surface area (Å²) in [5.41, 5.74) is 3.11. The first-order chi connectivity index (χ1) is 21.1. The van der Waals surface area contributed by atoms with Gasteiger partial charge in [0, 0.05) is 11.6 Å². The summed E-state index contributed by atoms with van der Waals surface area (Å²) < 4.78 is 13.2. The Bertz CT molecular complexity index is 2060. The molecule has 3 aromatic carbocycles. The molecule has 0 fully saturated rings. The first-order valence-corrected chi connectivity index (χ1v) is 15.1. The molecule has 12 heteroatoms. The Morgan fingerprint density at radius 1 is 1.20 bits per heavy atom. The number of thiazole rings is 1. The van der Waals surface area contributed by atoms with Crippen LogP contribution in [-0.4, -0.2) is 22.1 Å². The van der Waals surface area contributed by atoms with E-state index in [4.69, 9.17) is 9.47 Å². The van der Waals surface area contributed by atoms with Crippen LogP contribution in [0.1, 0.15) is 47.7 Å². The van der Waals surface area contributed by atoms with Gasteiger partial charge < -0.3 is 9.47 Å². The number of esters is 1. The van der Waals surface area contributed by atoms with Crippen LogP contribution in [-0.2, 0) is 16.1 Å². The lowest BCUT2D eigenvalue weighted by Gasteiger charge is -2.24. The standard InChI is InChI=1S/C32H25BrN4O6S/c1-4-42-31(39)27-19(3)35-32-36(28(27)21-11-9-18(2)10-12-21)30(38)26(44-32)15-20-13-24(33)29(25(14-20)37(40)41)43-17-23-8-6-5-7-22(23)16-34/h5-15,28H,4,17H2,1-3H3/b26-15-/t28-/m1/s1. The molecule has 0 bridgehead atoms. The summed E-state index contributed by atoms with van der Waals surface area (Å²) in [6.45, 7) is 5.48. The molecule has 10 nitrogen and oxygen atoms in total. The summed E-state index contributed by atoms with van der Waals surface area (Å²) in [4.78, 5) is 43.4. The Hall–Kier alpha value is -4.86. The molecule has 4 aromatic rings. The summed E-state index contributed by atoms with van der Waals surface area (Å²) in [6.07, 6.45) is 1.55. The zero-order valence-electron chi connectivity index (χ0n) is 23.9. The Labute approximate surface area is 264 Å². The number of aryl methyl sites for hydroxylation is 1. The summed E-state index contributed by atoms with van der Waals surface area (Å²) >= 11 is 4.51. The number of benzene rings is 3. The Balaban J connectivity index is 1.60. The van der Waals surface area contributed by atoms with Gasteiger partial charge in [0.1, 0.15) is 6.61 Å². The fourth-order valence-corrected chi connectivity index (χ4v) is 6.50. The van der Waals surface area contributed by atoms with Gasteiger partial charge in [-0.1, -0.05) is 59.4 Å². The lowest BCUT2D eigenvalue weighted by Crippen LogP contribution is -2.39. The van der Waals surface area contributed by atoms with Crippen molar-refractivity contribution in [3.05, 3.63) is 134 Å². The zero-order valence-corrected chi connectivity index (χ0v) is 26.3. The van der Waals surface area contributed by atoms with Gasteiger partial charge in [0.2, 0.25) is 5.75 Å². The predicted molar refractivity (Wildman–Crippen MR) is 168 cm³/mol. The number of ether oxygens (including phenoxy) is 2. The topological polar surface area (TPSA) is 137 Å². The first kappa shape index (κ1) is 30.6. The van der Waals surface area contributed by atoms with E-state index in [1.807, 2.05) is 31.2 Å². The van der Waals surface area contributed by atoms with Gasteiger partial charge in [0.25, 0.3) is 5.56 Å². The summed E-state index contributed by atoms with van der Waals surface area (Å²) in [5, 5.41) is 21.4. The number of aromatic nitrogens is 1. The lowest BCUT2D eigenvalue weighted by atomic mass is 9.95. The van der Waals surface area contributed by atoms with Crippen LogP contribution in [0.2, 0.25) is 0 Å². The highest BCUT2D eigenvalue weighted by atomic mass is 79.9. The third kappa shape index (κ3) is 5.97. The van der Waals surface area contributed by atoms with E-state index in [0.29, 0.717) is 31.7 Å². The van der Waals surface area contributed by atoms with Crippen molar-refractivity contribution in [3.8, 4) is 11.8 Å². The van der Waals surface area contributed by atoms with Gasteiger partial charge in [-0.3, -0.25) is 19.5 Å². The minimum atomic E-state index is -0.763. The second-order valence-corrected chi connectivity index (χ2v) is 11.7. The number of hydrogen-bond acceptors (Lipinski definition) is 9. The second-order valence-electron chi connectivity index (χ2n) is 9.88. The molecule has 0 saturated heterocycles. The Morgan fingerprint density at radius 3 is 2.61 bits per heavy atom. The lowest BCUT2D eigenvalue weighted by molar-refractivity contribution is -0.386. The molecule has 0 aliphatic carbocycles. The third-order valence-electron chi connectivity index (χ3n) is 6.96. The zero-order chi connectivity index (χ0) is 31.5. The molecule has 5 rings (SSSR count). The summed E-state index contributed by atoms with van der Waals surface area (Å²) in [7, 11) is 0. The van der Waals surface area contributed by atoms with Crippen LogP contribution >= 0.6 is 27.3 Å². The highest BCUT2D eigenvalue weighted by Gasteiger charge is 2.33. The SMILES string of the molecule is CCOC(=O)C1=C(C)N=c2s/c(=C\c3cc(Br)c(OCc4ccccc4C#N)c([N+](=O)[O-])c3)c(=O)n2[C@@H]1c1ccc(C)cc1. The van der Waals surface area contributed by atoms with E-state index in [-0.39, 0.29) is 34.8 Å². The smallest absolute Gasteiger partial charge is 0.338 e. The predicted octanol–water partition coefficient (Wildman–Crippen LogP) is 5.23. The molecule has 0 radical (unpaired) electrons. The third-order valence-corrected chi connectivity index (χ3v) is 8.53. The van der Waals surface area contributed by atoms with Crippen molar-refractivity contribution >= 4 is 45.0 Å². The number of carbonyl (C=O) groups excluding carboxylic acids is 1. The molecule has 0 spiro atoms. The number of rotatable bonds is 8. The Kier molecular flexibility index (Phi) is 8.89. The molecule has 0 saturated carbocycles. The largest absolute Gasteiger partial charge is 0.481 e. The van der Waals surface area contributed by atoms with Crippen molar-refractivity contribution in [2.75, 3.05) is 6.61 Å². The average Bonchev–Trinajstić information content (AvgIpc) is 3.30. The normalized spacial score (nSPS) is 14.4.